The topological polar surface area (TPSA) is 92.3 Å². The first-order valence-electron chi connectivity index (χ1n) is 5.87. The maximum atomic E-state index is 11.0. The zero-order valence-electron chi connectivity index (χ0n) is 9.39. The first-order valence-corrected chi connectivity index (χ1v) is 5.87. The van der Waals surface area contributed by atoms with Crippen molar-refractivity contribution in [3.63, 3.8) is 0 Å². The fourth-order valence-electron chi connectivity index (χ4n) is 2.85. The number of carboxylic acid groups (broad SMARTS) is 1. The van der Waals surface area contributed by atoms with Gasteiger partial charge in [0.15, 0.2) is 0 Å². The van der Waals surface area contributed by atoms with Gasteiger partial charge in [0, 0.05) is 24.4 Å². The summed E-state index contributed by atoms with van der Waals surface area (Å²) in [6.45, 7) is 0.865. The van der Waals surface area contributed by atoms with Crippen LogP contribution in [-0.4, -0.2) is 21.8 Å². The number of nitrogens with one attached hydrogen (secondary N) is 2. The number of hydrazine groups is 1. The Kier molecular flexibility index (Phi) is 2.43. The maximum absolute atomic E-state index is 11.0. The minimum atomic E-state index is -0.877. The molecule has 0 spiro atoms. The number of aromatic nitrogens is 1. The summed E-state index contributed by atoms with van der Waals surface area (Å²) in [5.74, 6) is -0.551. The number of nitrogens with zero attached hydrogens (tertiary/aromatic N) is 1. The lowest BCUT2D eigenvalue weighted by atomic mass is 9.93. The molecule has 92 valence electrons. The molecular weight excluding hydrogens is 220 g/mol. The average molecular weight is 236 g/mol. The number of carbonyl (C=O) groups is 1. The number of carboxylic acids is 1. The molecule has 3 heterocycles. The summed E-state index contributed by atoms with van der Waals surface area (Å²) in [5, 5.41) is 9.02. The minimum absolute atomic E-state index is 0.0604. The molecule has 1 saturated heterocycles. The van der Waals surface area contributed by atoms with E-state index < -0.39 is 5.97 Å². The lowest BCUT2D eigenvalue weighted by Gasteiger charge is -2.17. The van der Waals surface area contributed by atoms with E-state index in [-0.39, 0.29) is 12.2 Å². The van der Waals surface area contributed by atoms with Gasteiger partial charge in [-0.25, -0.2) is 15.6 Å². The van der Waals surface area contributed by atoms with Gasteiger partial charge >= 0.3 is 5.97 Å². The fourth-order valence-corrected chi connectivity index (χ4v) is 2.85. The molecule has 2 aliphatic heterocycles. The molecule has 0 saturated carbocycles. The normalized spacial score (nSPS) is 31.7. The summed E-state index contributed by atoms with van der Waals surface area (Å²) in [5.41, 5.74) is 13.6. The van der Waals surface area contributed by atoms with Crippen molar-refractivity contribution >= 4 is 5.97 Å². The van der Waals surface area contributed by atoms with Crippen LogP contribution < -0.4 is 16.6 Å². The van der Waals surface area contributed by atoms with Crippen molar-refractivity contribution in [2.75, 3.05) is 0 Å². The van der Waals surface area contributed by atoms with Gasteiger partial charge in [-0.1, -0.05) is 0 Å². The van der Waals surface area contributed by atoms with E-state index in [9.17, 15) is 4.79 Å². The Hall–Kier alpha value is -1.37. The number of aromatic carboxylic acids is 1. The van der Waals surface area contributed by atoms with Crippen LogP contribution in [0.25, 0.3) is 0 Å². The molecule has 3 rings (SSSR count). The number of aryl methyl sites for hydroxylation is 1. The molecular formula is C11H16N4O2. The van der Waals surface area contributed by atoms with Crippen molar-refractivity contribution in [1.82, 2.24) is 15.4 Å². The lowest BCUT2D eigenvalue weighted by Crippen LogP contribution is -2.39. The second-order valence-corrected chi connectivity index (χ2v) is 4.75. The fraction of sp³-hybridized carbons (Fsp3) is 0.545. The minimum Gasteiger partial charge on any atom is -0.478 e. The standard InChI is InChI=1S/C11H16N4O2/c12-10-7-2-1-3-15-5-6(11(16)17)4-8(15)9(7)13-14-10/h4-5,7,9-10,13-14H,1-3,12H2,(H,16,17). The molecule has 3 unspecified atom stereocenters. The molecule has 0 aromatic carbocycles. The molecule has 0 radical (unpaired) electrons. The predicted molar refractivity (Wildman–Crippen MR) is 61.1 cm³/mol. The van der Waals surface area contributed by atoms with Crippen LogP contribution in [0.5, 0.6) is 0 Å². The Morgan fingerprint density at radius 1 is 1.53 bits per heavy atom. The number of rotatable bonds is 1. The van der Waals surface area contributed by atoms with Gasteiger partial charge in [0.2, 0.25) is 0 Å². The Morgan fingerprint density at radius 2 is 2.35 bits per heavy atom. The van der Waals surface area contributed by atoms with Crippen molar-refractivity contribution in [1.29, 1.82) is 0 Å². The second kappa shape index (κ2) is 3.83. The highest BCUT2D eigenvalue weighted by atomic mass is 16.4. The van der Waals surface area contributed by atoms with Crippen molar-refractivity contribution in [2.24, 2.45) is 11.7 Å². The molecule has 0 aliphatic carbocycles. The van der Waals surface area contributed by atoms with Crippen LogP contribution in [0.15, 0.2) is 12.3 Å². The number of nitrogens with two attached hydrogens (primary N) is 1. The van der Waals surface area contributed by atoms with E-state index in [0.29, 0.717) is 11.5 Å². The number of fused-ring (bicyclic) bond motifs is 3. The van der Waals surface area contributed by atoms with E-state index in [1.165, 1.54) is 0 Å². The smallest absolute Gasteiger partial charge is 0.337 e. The average Bonchev–Trinajstić information content (AvgIpc) is 2.81. The third-order valence-electron chi connectivity index (χ3n) is 3.73. The van der Waals surface area contributed by atoms with Crippen LogP contribution in [0.4, 0.5) is 0 Å². The van der Waals surface area contributed by atoms with Crippen molar-refractivity contribution in [3.8, 4) is 0 Å². The summed E-state index contributed by atoms with van der Waals surface area (Å²) in [7, 11) is 0. The third-order valence-corrected chi connectivity index (χ3v) is 3.73. The molecule has 1 fully saturated rings. The second-order valence-electron chi connectivity index (χ2n) is 4.75. The van der Waals surface area contributed by atoms with E-state index in [1.807, 2.05) is 4.57 Å². The first-order chi connectivity index (χ1) is 8.16. The zero-order chi connectivity index (χ0) is 12.0. The molecule has 6 heteroatoms. The Morgan fingerprint density at radius 3 is 3.12 bits per heavy atom. The van der Waals surface area contributed by atoms with Gasteiger partial charge in [-0.2, -0.15) is 0 Å². The van der Waals surface area contributed by atoms with E-state index in [0.717, 1.165) is 25.1 Å². The van der Waals surface area contributed by atoms with E-state index in [4.69, 9.17) is 10.8 Å². The van der Waals surface area contributed by atoms with Crippen LogP contribution in [0, 0.1) is 5.92 Å². The van der Waals surface area contributed by atoms with Crippen LogP contribution in [0.2, 0.25) is 0 Å². The molecule has 6 nitrogen and oxygen atoms in total. The van der Waals surface area contributed by atoms with Crippen LogP contribution in [-0.2, 0) is 6.54 Å². The molecule has 0 amide bonds. The maximum Gasteiger partial charge on any atom is 0.337 e. The Bertz CT molecular complexity index is 456. The van der Waals surface area contributed by atoms with Gasteiger partial charge in [-0.3, -0.25) is 0 Å². The van der Waals surface area contributed by atoms with Crippen molar-refractivity contribution in [2.45, 2.75) is 31.6 Å². The molecule has 3 atom stereocenters. The highest BCUT2D eigenvalue weighted by Gasteiger charge is 2.37. The largest absolute Gasteiger partial charge is 0.478 e. The Labute approximate surface area is 98.8 Å². The number of hydrogen-bond donors (Lipinski definition) is 4. The van der Waals surface area contributed by atoms with Gasteiger partial charge in [0.1, 0.15) is 0 Å². The summed E-state index contributed by atoms with van der Waals surface area (Å²) >= 11 is 0. The van der Waals surface area contributed by atoms with Crippen molar-refractivity contribution < 1.29 is 9.90 Å². The van der Waals surface area contributed by atoms with E-state index >= 15 is 0 Å². The molecule has 1 aromatic heterocycles. The van der Waals surface area contributed by atoms with Gasteiger partial charge < -0.3 is 15.4 Å². The summed E-state index contributed by atoms with van der Waals surface area (Å²) < 4.78 is 2.03. The molecule has 5 N–H and O–H groups in total. The number of hydrogen-bond acceptors (Lipinski definition) is 4. The highest BCUT2D eigenvalue weighted by Crippen LogP contribution is 2.34. The Balaban J connectivity index is 2.01. The van der Waals surface area contributed by atoms with Gasteiger partial charge in [0.25, 0.3) is 0 Å². The zero-order valence-corrected chi connectivity index (χ0v) is 9.39. The van der Waals surface area contributed by atoms with E-state index in [2.05, 4.69) is 10.9 Å². The third kappa shape index (κ3) is 1.65. The summed E-state index contributed by atoms with van der Waals surface area (Å²) in [6.07, 6.45) is 3.73. The highest BCUT2D eigenvalue weighted by molar-refractivity contribution is 5.87. The molecule has 0 bridgehead atoms. The van der Waals surface area contributed by atoms with E-state index in [1.54, 1.807) is 12.3 Å². The quantitative estimate of drug-likeness (QED) is 0.552. The van der Waals surface area contributed by atoms with Gasteiger partial charge in [-0.15, -0.1) is 0 Å². The van der Waals surface area contributed by atoms with Gasteiger partial charge in [0.05, 0.1) is 17.8 Å². The molecule has 2 aliphatic rings. The monoisotopic (exact) mass is 236 g/mol. The first kappa shape index (κ1) is 10.8. The molecule has 17 heavy (non-hydrogen) atoms. The van der Waals surface area contributed by atoms with Crippen LogP contribution in [0.1, 0.15) is 34.9 Å². The van der Waals surface area contributed by atoms with Crippen molar-refractivity contribution in [3.05, 3.63) is 23.5 Å². The lowest BCUT2D eigenvalue weighted by molar-refractivity contribution is 0.0697. The van der Waals surface area contributed by atoms with Crippen LogP contribution >= 0.6 is 0 Å². The van der Waals surface area contributed by atoms with Gasteiger partial charge in [-0.05, 0) is 18.9 Å². The van der Waals surface area contributed by atoms with Crippen LogP contribution in [0.3, 0.4) is 0 Å². The summed E-state index contributed by atoms with van der Waals surface area (Å²) in [4.78, 5) is 11.0. The predicted octanol–water partition coefficient (Wildman–Crippen LogP) is 0.0300. The SMILES string of the molecule is NC1NNC2c3cc(C(=O)O)cn3CCCC12. The summed E-state index contributed by atoms with van der Waals surface area (Å²) in [6, 6.07) is 1.86. The molecule has 1 aromatic rings.